The molecule has 6 nitrogen and oxygen atoms in total. The molecular formula is C12H15N3O3. The Morgan fingerprint density at radius 2 is 2.50 bits per heavy atom. The molecule has 0 fully saturated rings. The van der Waals surface area contributed by atoms with Gasteiger partial charge in [-0.15, -0.1) is 0 Å². The Hall–Kier alpha value is -2.24. The minimum Gasteiger partial charge on any atom is -0.478 e. The van der Waals surface area contributed by atoms with Crippen molar-refractivity contribution in [2.75, 3.05) is 0 Å². The van der Waals surface area contributed by atoms with E-state index in [1.54, 1.807) is 49.4 Å². The standard InChI is InChI=1S/C12H15N3O3/c1-9(18-11-7-14-15(2)8-11)12(16)13-6-10-4-3-5-17-10/h3-5,7-9H,6H2,1-2H3,(H,13,16). The summed E-state index contributed by atoms with van der Waals surface area (Å²) >= 11 is 0. The molecule has 6 heteroatoms. The molecule has 2 aromatic heterocycles. The average molecular weight is 249 g/mol. The lowest BCUT2D eigenvalue weighted by Gasteiger charge is -2.12. The predicted octanol–water partition coefficient (Wildman–Crippen LogP) is 1.10. The van der Waals surface area contributed by atoms with Gasteiger partial charge in [-0.1, -0.05) is 0 Å². The number of aryl methyl sites for hydroxylation is 1. The lowest BCUT2D eigenvalue weighted by molar-refractivity contribution is -0.127. The van der Waals surface area contributed by atoms with Crippen LogP contribution in [0.4, 0.5) is 0 Å². The third-order valence-corrected chi connectivity index (χ3v) is 2.38. The summed E-state index contributed by atoms with van der Waals surface area (Å²) in [5.41, 5.74) is 0. The first-order chi connectivity index (χ1) is 8.65. The zero-order valence-electron chi connectivity index (χ0n) is 10.3. The number of aromatic nitrogens is 2. The Bertz CT molecular complexity index is 504. The summed E-state index contributed by atoms with van der Waals surface area (Å²) in [6, 6.07) is 3.57. The number of hydrogen-bond acceptors (Lipinski definition) is 4. The van der Waals surface area contributed by atoms with E-state index in [0.29, 0.717) is 18.1 Å². The van der Waals surface area contributed by atoms with Gasteiger partial charge in [0.1, 0.15) is 5.76 Å². The first-order valence-electron chi connectivity index (χ1n) is 5.60. The zero-order chi connectivity index (χ0) is 13.0. The maximum absolute atomic E-state index is 11.7. The van der Waals surface area contributed by atoms with E-state index < -0.39 is 6.10 Å². The van der Waals surface area contributed by atoms with Gasteiger partial charge < -0.3 is 14.5 Å². The quantitative estimate of drug-likeness (QED) is 0.861. The Kier molecular flexibility index (Phi) is 3.66. The molecule has 2 rings (SSSR count). The fourth-order valence-electron chi connectivity index (χ4n) is 1.45. The Balaban J connectivity index is 1.81. The molecule has 18 heavy (non-hydrogen) atoms. The zero-order valence-corrected chi connectivity index (χ0v) is 10.3. The highest BCUT2D eigenvalue weighted by Gasteiger charge is 2.15. The van der Waals surface area contributed by atoms with Crippen LogP contribution in [0.5, 0.6) is 5.75 Å². The van der Waals surface area contributed by atoms with Crippen molar-refractivity contribution in [3.05, 3.63) is 36.5 Å². The van der Waals surface area contributed by atoms with Crippen molar-refractivity contribution in [2.24, 2.45) is 7.05 Å². The van der Waals surface area contributed by atoms with E-state index in [1.165, 1.54) is 0 Å². The summed E-state index contributed by atoms with van der Waals surface area (Å²) in [5, 5.41) is 6.69. The fraction of sp³-hybridized carbons (Fsp3) is 0.333. The highest BCUT2D eigenvalue weighted by molar-refractivity contribution is 5.80. The van der Waals surface area contributed by atoms with Gasteiger partial charge >= 0.3 is 0 Å². The average Bonchev–Trinajstić information content (AvgIpc) is 2.97. The molecule has 0 aliphatic rings. The van der Waals surface area contributed by atoms with Crippen molar-refractivity contribution >= 4 is 5.91 Å². The van der Waals surface area contributed by atoms with Gasteiger partial charge in [0.25, 0.3) is 5.91 Å². The van der Waals surface area contributed by atoms with Crippen LogP contribution in [0.3, 0.4) is 0 Å². The molecule has 0 aromatic carbocycles. The van der Waals surface area contributed by atoms with Gasteiger partial charge in [0.15, 0.2) is 11.9 Å². The number of rotatable bonds is 5. The van der Waals surface area contributed by atoms with Crippen LogP contribution in [0, 0.1) is 0 Å². The molecule has 0 radical (unpaired) electrons. The van der Waals surface area contributed by atoms with Crippen molar-refractivity contribution in [1.29, 1.82) is 0 Å². The van der Waals surface area contributed by atoms with Crippen LogP contribution in [-0.2, 0) is 18.4 Å². The van der Waals surface area contributed by atoms with Gasteiger partial charge in [-0.2, -0.15) is 5.10 Å². The van der Waals surface area contributed by atoms with E-state index in [2.05, 4.69) is 10.4 Å². The van der Waals surface area contributed by atoms with Crippen LogP contribution in [0.25, 0.3) is 0 Å². The smallest absolute Gasteiger partial charge is 0.261 e. The highest BCUT2D eigenvalue weighted by Crippen LogP contribution is 2.09. The number of nitrogens with one attached hydrogen (secondary N) is 1. The minimum absolute atomic E-state index is 0.199. The van der Waals surface area contributed by atoms with Gasteiger partial charge in [-0.05, 0) is 19.1 Å². The summed E-state index contributed by atoms with van der Waals surface area (Å²) in [6.45, 7) is 2.04. The maximum atomic E-state index is 11.7. The molecule has 1 unspecified atom stereocenters. The first-order valence-corrected chi connectivity index (χ1v) is 5.60. The molecule has 0 bridgehead atoms. The van der Waals surface area contributed by atoms with Gasteiger partial charge in [-0.25, -0.2) is 0 Å². The topological polar surface area (TPSA) is 69.3 Å². The second kappa shape index (κ2) is 5.39. The molecule has 0 aliphatic carbocycles. The summed E-state index contributed by atoms with van der Waals surface area (Å²) < 4.78 is 12.2. The molecule has 1 N–H and O–H groups in total. The molecule has 2 heterocycles. The highest BCUT2D eigenvalue weighted by atomic mass is 16.5. The molecule has 0 aliphatic heterocycles. The van der Waals surface area contributed by atoms with E-state index in [9.17, 15) is 4.79 Å². The molecule has 0 saturated heterocycles. The van der Waals surface area contributed by atoms with Crippen molar-refractivity contribution in [1.82, 2.24) is 15.1 Å². The third kappa shape index (κ3) is 3.13. The number of hydrogen-bond donors (Lipinski definition) is 1. The maximum Gasteiger partial charge on any atom is 0.261 e. The van der Waals surface area contributed by atoms with Gasteiger partial charge in [-0.3, -0.25) is 9.48 Å². The Morgan fingerprint density at radius 1 is 1.67 bits per heavy atom. The molecule has 96 valence electrons. The summed E-state index contributed by atoms with van der Waals surface area (Å²) in [7, 11) is 1.79. The van der Waals surface area contributed by atoms with E-state index in [4.69, 9.17) is 9.15 Å². The second-order valence-corrected chi connectivity index (χ2v) is 3.91. The Labute approximate surface area is 105 Å². The minimum atomic E-state index is -0.579. The van der Waals surface area contributed by atoms with Crippen LogP contribution in [0.15, 0.2) is 35.2 Å². The van der Waals surface area contributed by atoms with Crippen molar-refractivity contribution in [3.63, 3.8) is 0 Å². The summed E-state index contributed by atoms with van der Waals surface area (Å²) in [6.07, 6.45) is 4.26. The lowest BCUT2D eigenvalue weighted by Crippen LogP contribution is -2.35. The first kappa shape index (κ1) is 12.2. The lowest BCUT2D eigenvalue weighted by atomic mass is 10.3. The third-order valence-electron chi connectivity index (χ3n) is 2.38. The van der Waals surface area contributed by atoms with E-state index >= 15 is 0 Å². The number of amides is 1. The number of ether oxygens (including phenoxy) is 1. The van der Waals surface area contributed by atoms with Crippen LogP contribution < -0.4 is 10.1 Å². The van der Waals surface area contributed by atoms with Crippen LogP contribution in [-0.4, -0.2) is 21.8 Å². The van der Waals surface area contributed by atoms with Crippen molar-refractivity contribution < 1.29 is 13.9 Å². The number of carbonyl (C=O) groups excluding carboxylic acids is 1. The molecule has 0 spiro atoms. The fourth-order valence-corrected chi connectivity index (χ4v) is 1.45. The van der Waals surface area contributed by atoms with Gasteiger partial charge in [0.05, 0.1) is 25.2 Å². The number of furan rings is 1. The van der Waals surface area contributed by atoms with Gasteiger partial charge in [0, 0.05) is 7.05 Å². The SMILES string of the molecule is CC(Oc1cnn(C)c1)C(=O)NCc1ccco1. The molecule has 1 amide bonds. The van der Waals surface area contributed by atoms with E-state index in [-0.39, 0.29) is 5.91 Å². The molecule has 2 aromatic rings. The van der Waals surface area contributed by atoms with E-state index in [1.807, 2.05) is 0 Å². The van der Waals surface area contributed by atoms with Crippen LogP contribution >= 0.6 is 0 Å². The number of carbonyl (C=O) groups is 1. The van der Waals surface area contributed by atoms with Gasteiger partial charge in [0.2, 0.25) is 0 Å². The molecule has 0 saturated carbocycles. The predicted molar refractivity (Wildman–Crippen MR) is 63.9 cm³/mol. The summed E-state index contributed by atoms with van der Waals surface area (Å²) in [4.78, 5) is 11.7. The monoisotopic (exact) mass is 249 g/mol. The van der Waals surface area contributed by atoms with Crippen molar-refractivity contribution in [2.45, 2.75) is 19.6 Å². The molecular weight excluding hydrogens is 234 g/mol. The molecule has 1 atom stereocenters. The Morgan fingerprint density at radius 3 is 3.11 bits per heavy atom. The van der Waals surface area contributed by atoms with Crippen molar-refractivity contribution in [3.8, 4) is 5.75 Å². The van der Waals surface area contributed by atoms with E-state index in [0.717, 1.165) is 0 Å². The van der Waals surface area contributed by atoms with Crippen LogP contribution in [0.1, 0.15) is 12.7 Å². The normalized spacial score (nSPS) is 12.1. The largest absolute Gasteiger partial charge is 0.478 e. The van der Waals surface area contributed by atoms with Crippen LogP contribution in [0.2, 0.25) is 0 Å². The second-order valence-electron chi connectivity index (χ2n) is 3.91. The summed E-state index contributed by atoms with van der Waals surface area (Å²) in [5.74, 6) is 1.07. The number of nitrogens with zero attached hydrogens (tertiary/aromatic N) is 2.